The van der Waals surface area contributed by atoms with Gasteiger partial charge in [-0.25, -0.2) is 5.48 Å². The van der Waals surface area contributed by atoms with Crippen molar-refractivity contribution in [1.29, 1.82) is 0 Å². The lowest BCUT2D eigenvalue weighted by molar-refractivity contribution is -0.0498. The van der Waals surface area contributed by atoms with Crippen molar-refractivity contribution >= 4 is 5.91 Å². The first-order valence-corrected chi connectivity index (χ1v) is 8.59. The third-order valence-corrected chi connectivity index (χ3v) is 6.01. The summed E-state index contributed by atoms with van der Waals surface area (Å²) in [5.74, 6) is -0.492. The minimum Gasteiger partial charge on any atom is -0.316 e. The lowest BCUT2D eigenvalue weighted by atomic mass is 9.60. The second-order valence-electron chi connectivity index (χ2n) is 7.19. The maximum absolute atomic E-state index is 11.5. The molecular formula is C17H24N4O2. The van der Waals surface area contributed by atoms with Crippen LogP contribution >= 0.6 is 0 Å². The van der Waals surface area contributed by atoms with Gasteiger partial charge < -0.3 is 5.32 Å². The fourth-order valence-electron chi connectivity index (χ4n) is 4.63. The summed E-state index contributed by atoms with van der Waals surface area (Å²) >= 11 is 0. The highest BCUT2D eigenvalue weighted by Crippen LogP contribution is 2.49. The molecule has 1 saturated heterocycles. The Morgan fingerprint density at radius 3 is 3.09 bits per heavy atom. The summed E-state index contributed by atoms with van der Waals surface area (Å²) in [7, 11) is 0. The predicted octanol–water partition coefficient (Wildman–Crippen LogP) is 1.09. The molecule has 23 heavy (non-hydrogen) atoms. The Kier molecular flexibility index (Phi) is 3.83. The van der Waals surface area contributed by atoms with E-state index in [1.54, 1.807) is 11.7 Å². The molecule has 1 aromatic rings. The van der Waals surface area contributed by atoms with Crippen LogP contribution < -0.4 is 10.8 Å². The molecule has 0 radical (unpaired) electrons. The molecule has 0 aromatic carbocycles. The maximum Gasteiger partial charge on any atom is 0.276 e. The van der Waals surface area contributed by atoms with Crippen LogP contribution in [0.2, 0.25) is 0 Å². The van der Waals surface area contributed by atoms with E-state index in [1.807, 2.05) is 6.07 Å². The van der Waals surface area contributed by atoms with Gasteiger partial charge in [-0.3, -0.25) is 19.9 Å². The van der Waals surface area contributed by atoms with E-state index in [4.69, 9.17) is 5.21 Å². The van der Waals surface area contributed by atoms with E-state index < -0.39 is 5.91 Å². The van der Waals surface area contributed by atoms with Gasteiger partial charge >= 0.3 is 0 Å². The van der Waals surface area contributed by atoms with Gasteiger partial charge in [-0.05, 0) is 55.7 Å². The van der Waals surface area contributed by atoms with Crippen LogP contribution in [0, 0.1) is 5.41 Å². The molecule has 4 rings (SSSR count). The first-order chi connectivity index (χ1) is 11.2. The first-order valence-electron chi connectivity index (χ1n) is 8.59. The highest BCUT2D eigenvalue weighted by Gasteiger charge is 2.49. The minimum absolute atomic E-state index is 0.427. The fourth-order valence-corrected chi connectivity index (χ4v) is 4.63. The summed E-state index contributed by atoms with van der Waals surface area (Å²) in [5.41, 5.74) is 4.80. The van der Waals surface area contributed by atoms with Crippen molar-refractivity contribution in [2.24, 2.45) is 5.41 Å². The molecule has 3 N–H and O–H groups in total. The van der Waals surface area contributed by atoms with Crippen molar-refractivity contribution in [2.45, 2.75) is 44.7 Å². The van der Waals surface area contributed by atoms with Crippen molar-refractivity contribution in [3.05, 3.63) is 29.1 Å². The highest BCUT2D eigenvalue weighted by atomic mass is 16.5. The van der Waals surface area contributed by atoms with E-state index >= 15 is 0 Å². The first kappa shape index (κ1) is 15.1. The molecule has 1 spiro atoms. The van der Waals surface area contributed by atoms with Gasteiger partial charge in [-0.15, -0.1) is 0 Å². The number of carbonyl (C=O) groups excluding carboxylic acids is 1. The lowest BCUT2D eigenvalue weighted by Crippen LogP contribution is -2.61. The van der Waals surface area contributed by atoms with Crippen molar-refractivity contribution in [2.75, 3.05) is 19.6 Å². The zero-order valence-electron chi connectivity index (χ0n) is 13.3. The number of fused-ring (bicyclic) bond motifs is 1. The summed E-state index contributed by atoms with van der Waals surface area (Å²) in [6, 6.07) is 2.54. The van der Waals surface area contributed by atoms with Gasteiger partial charge in [0.1, 0.15) is 0 Å². The van der Waals surface area contributed by atoms with E-state index in [1.165, 1.54) is 25.7 Å². The molecule has 0 bridgehead atoms. The number of amides is 1. The van der Waals surface area contributed by atoms with Crippen LogP contribution in [0.5, 0.6) is 0 Å². The maximum atomic E-state index is 11.5. The average molecular weight is 316 g/mol. The standard InChI is InChI=1S/C17H24N4O2/c22-16(20-23)13-8-12-3-7-21(10-14(12)19-9-13)15-2-5-17(15)4-1-6-18-11-17/h8-9,15,18,23H,1-7,10-11H2,(H,20,22)/t15-,17-/m1/s1. The third kappa shape index (κ3) is 2.55. The Bertz CT molecular complexity index is 613. The van der Waals surface area contributed by atoms with Crippen LogP contribution in [-0.4, -0.2) is 46.7 Å². The molecule has 1 aliphatic carbocycles. The Morgan fingerprint density at radius 1 is 1.48 bits per heavy atom. The van der Waals surface area contributed by atoms with Gasteiger partial charge in [-0.2, -0.15) is 0 Å². The van der Waals surface area contributed by atoms with Crippen molar-refractivity contribution in [3.63, 3.8) is 0 Å². The van der Waals surface area contributed by atoms with Crippen molar-refractivity contribution in [3.8, 4) is 0 Å². The predicted molar refractivity (Wildman–Crippen MR) is 85.2 cm³/mol. The molecule has 0 unspecified atom stereocenters. The monoisotopic (exact) mass is 316 g/mol. The second kappa shape index (κ2) is 5.85. The molecule has 1 saturated carbocycles. The van der Waals surface area contributed by atoms with E-state index in [-0.39, 0.29) is 0 Å². The number of rotatable bonds is 2. The Labute approximate surface area is 136 Å². The van der Waals surface area contributed by atoms with E-state index in [2.05, 4.69) is 15.2 Å². The summed E-state index contributed by atoms with van der Waals surface area (Å²) in [5, 5.41) is 12.3. The summed E-state index contributed by atoms with van der Waals surface area (Å²) in [6.07, 6.45) is 7.76. The third-order valence-electron chi connectivity index (χ3n) is 6.01. The number of piperidine rings is 1. The van der Waals surface area contributed by atoms with E-state index in [0.717, 1.165) is 43.9 Å². The minimum atomic E-state index is -0.492. The molecule has 3 heterocycles. The quantitative estimate of drug-likeness (QED) is 0.562. The second-order valence-corrected chi connectivity index (χ2v) is 7.19. The normalized spacial score (nSPS) is 30.6. The van der Waals surface area contributed by atoms with Gasteiger partial charge in [-0.1, -0.05) is 0 Å². The number of hydroxylamine groups is 1. The van der Waals surface area contributed by atoms with Gasteiger partial charge in [0, 0.05) is 31.9 Å². The molecule has 1 amide bonds. The molecule has 2 fully saturated rings. The number of nitrogens with zero attached hydrogens (tertiary/aromatic N) is 2. The molecular weight excluding hydrogens is 292 g/mol. The lowest BCUT2D eigenvalue weighted by Gasteiger charge is -2.57. The summed E-state index contributed by atoms with van der Waals surface area (Å²) in [4.78, 5) is 18.6. The molecule has 1 aromatic heterocycles. The molecule has 3 aliphatic rings. The molecule has 124 valence electrons. The molecule has 6 heteroatoms. The zero-order chi connectivity index (χ0) is 15.9. The van der Waals surface area contributed by atoms with Crippen LogP contribution in [0.15, 0.2) is 12.3 Å². The number of carbonyl (C=O) groups is 1. The number of hydrogen-bond donors (Lipinski definition) is 3. The zero-order valence-corrected chi connectivity index (χ0v) is 13.3. The highest BCUT2D eigenvalue weighted by molar-refractivity contribution is 5.93. The van der Waals surface area contributed by atoms with E-state index in [9.17, 15) is 4.79 Å². The molecule has 2 aliphatic heterocycles. The SMILES string of the molecule is O=C(NO)c1cnc2c(c1)CCN([C@@H]1CC[C@@]13CCCNC3)C2. The Morgan fingerprint density at radius 2 is 2.39 bits per heavy atom. The smallest absolute Gasteiger partial charge is 0.276 e. The topological polar surface area (TPSA) is 77.5 Å². The number of nitrogens with one attached hydrogen (secondary N) is 2. The van der Waals surface area contributed by atoms with Gasteiger partial charge in [0.25, 0.3) is 5.91 Å². The number of pyridine rings is 1. The van der Waals surface area contributed by atoms with E-state index in [0.29, 0.717) is 17.0 Å². The molecule has 2 atom stereocenters. The largest absolute Gasteiger partial charge is 0.316 e. The van der Waals surface area contributed by atoms with Crippen molar-refractivity contribution in [1.82, 2.24) is 20.7 Å². The Balaban J connectivity index is 1.50. The Hall–Kier alpha value is -1.50. The average Bonchev–Trinajstić information content (AvgIpc) is 2.60. The summed E-state index contributed by atoms with van der Waals surface area (Å²) in [6.45, 7) is 4.23. The van der Waals surface area contributed by atoms with Crippen LogP contribution in [0.25, 0.3) is 0 Å². The summed E-state index contributed by atoms with van der Waals surface area (Å²) < 4.78 is 0. The van der Waals surface area contributed by atoms with Gasteiger partial charge in [0.15, 0.2) is 0 Å². The van der Waals surface area contributed by atoms with Crippen LogP contribution in [-0.2, 0) is 13.0 Å². The van der Waals surface area contributed by atoms with Gasteiger partial charge in [0.05, 0.1) is 11.3 Å². The van der Waals surface area contributed by atoms with Crippen molar-refractivity contribution < 1.29 is 10.0 Å². The van der Waals surface area contributed by atoms with Crippen LogP contribution in [0.4, 0.5) is 0 Å². The number of aromatic nitrogens is 1. The number of hydrogen-bond acceptors (Lipinski definition) is 5. The van der Waals surface area contributed by atoms with Crippen LogP contribution in [0.1, 0.15) is 47.3 Å². The van der Waals surface area contributed by atoms with Gasteiger partial charge in [0.2, 0.25) is 0 Å². The van der Waals surface area contributed by atoms with Crippen LogP contribution in [0.3, 0.4) is 0 Å². The molecule has 6 nitrogen and oxygen atoms in total. The fraction of sp³-hybridized carbons (Fsp3) is 0.647.